The number of carbonyl (C=O) groups is 3. The number of carbonyl (C=O) groups excluding carboxylic acids is 3. The minimum atomic E-state index is -4.77. The summed E-state index contributed by atoms with van der Waals surface area (Å²) in [5.41, 5.74) is -3.22. The molecule has 0 aromatic heterocycles. The molecule has 1 aromatic carbocycles. The lowest BCUT2D eigenvalue weighted by molar-refractivity contribution is -0.384. The summed E-state index contributed by atoms with van der Waals surface area (Å²) in [6.07, 6.45) is 0. The predicted octanol–water partition coefficient (Wildman–Crippen LogP) is 0.754. The SMILES string of the molecule is CCOC(=O)C(=O)C(C)(OS(=O)(=O)c1ccc([N+](=O)[O-])cc1)C(=O)OCC. The van der Waals surface area contributed by atoms with Crippen LogP contribution in [0.15, 0.2) is 29.2 Å². The molecule has 0 amide bonds. The molecule has 148 valence electrons. The standard InChI is InChI=1S/C15H17NO10S/c1-4-24-13(18)12(17)15(3,14(19)25-5-2)26-27(22,23)11-8-6-10(7-9-11)16(20)21/h6-9H,4-5H2,1-3H3. The molecule has 0 saturated carbocycles. The van der Waals surface area contributed by atoms with Gasteiger partial charge in [0.15, 0.2) is 0 Å². The molecular weight excluding hydrogens is 386 g/mol. The lowest BCUT2D eigenvalue weighted by atomic mass is 10.0. The first-order valence-corrected chi connectivity index (χ1v) is 8.99. The third kappa shape index (κ3) is 5.08. The average molecular weight is 403 g/mol. The number of ketones is 1. The second kappa shape index (κ2) is 8.68. The Morgan fingerprint density at radius 2 is 1.59 bits per heavy atom. The monoisotopic (exact) mass is 403 g/mol. The largest absolute Gasteiger partial charge is 0.463 e. The van der Waals surface area contributed by atoms with Crippen LogP contribution in [-0.2, 0) is 38.2 Å². The van der Waals surface area contributed by atoms with E-state index in [1.165, 1.54) is 13.8 Å². The molecule has 0 aliphatic rings. The van der Waals surface area contributed by atoms with E-state index in [0.717, 1.165) is 31.2 Å². The average Bonchev–Trinajstić information content (AvgIpc) is 2.61. The Morgan fingerprint density at radius 1 is 1.07 bits per heavy atom. The maximum atomic E-state index is 12.4. The van der Waals surface area contributed by atoms with E-state index in [0.29, 0.717) is 0 Å². The molecule has 1 atom stereocenters. The van der Waals surface area contributed by atoms with Gasteiger partial charge in [0, 0.05) is 12.1 Å². The minimum absolute atomic E-state index is 0.196. The zero-order chi connectivity index (χ0) is 20.8. The van der Waals surface area contributed by atoms with Crippen LogP contribution in [0.3, 0.4) is 0 Å². The number of esters is 2. The predicted molar refractivity (Wildman–Crippen MR) is 88.0 cm³/mol. The number of benzene rings is 1. The molecule has 1 unspecified atom stereocenters. The zero-order valence-corrected chi connectivity index (χ0v) is 15.5. The molecule has 0 fully saturated rings. The molecule has 1 aromatic rings. The van der Waals surface area contributed by atoms with Crippen LogP contribution < -0.4 is 0 Å². The number of nitro benzene ring substituents is 1. The van der Waals surface area contributed by atoms with Crippen molar-refractivity contribution in [3.63, 3.8) is 0 Å². The smallest absolute Gasteiger partial charge is 0.378 e. The van der Waals surface area contributed by atoms with Gasteiger partial charge in [0.2, 0.25) is 0 Å². The number of Topliss-reactive ketones (excluding diaryl/α,β-unsaturated/α-hetero) is 1. The van der Waals surface area contributed by atoms with Crippen molar-refractivity contribution >= 4 is 33.5 Å². The second-order valence-electron chi connectivity index (χ2n) is 5.09. The van der Waals surface area contributed by atoms with Crippen LogP contribution in [-0.4, -0.2) is 49.9 Å². The molecule has 0 bridgehead atoms. The molecule has 0 spiro atoms. The molecule has 0 heterocycles. The van der Waals surface area contributed by atoms with Crippen molar-refractivity contribution in [3.05, 3.63) is 34.4 Å². The van der Waals surface area contributed by atoms with E-state index in [4.69, 9.17) is 4.18 Å². The molecule has 12 heteroatoms. The van der Waals surface area contributed by atoms with Gasteiger partial charge in [-0.1, -0.05) is 0 Å². The van der Waals surface area contributed by atoms with Crippen LogP contribution in [0.2, 0.25) is 0 Å². The van der Waals surface area contributed by atoms with E-state index < -0.39 is 43.3 Å². The second-order valence-corrected chi connectivity index (χ2v) is 6.64. The highest BCUT2D eigenvalue weighted by Crippen LogP contribution is 2.25. The van der Waals surface area contributed by atoms with Gasteiger partial charge in [0.1, 0.15) is 0 Å². The number of hydrogen-bond acceptors (Lipinski definition) is 10. The molecule has 0 N–H and O–H groups in total. The molecule has 0 aliphatic carbocycles. The summed E-state index contributed by atoms with van der Waals surface area (Å²) in [7, 11) is -4.77. The summed E-state index contributed by atoms with van der Waals surface area (Å²) in [4.78, 5) is 45.4. The first-order chi connectivity index (χ1) is 12.5. The maximum Gasteiger partial charge on any atom is 0.378 e. The van der Waals surface area contributed by atoms with Crippen molar-refractivity contribution in [2.45, 2.75) is 31.3 Å². The van der Waals surface area contributed by atoms with E-state index in [-0.39, 0.29) is 18.9 Å². The fourth-order valence-corrected chi connectivity index (χ4v) is 2.98. The Labute approximate surface area is 154 Å². The Morgan fingerprint density at radius 3 is 2.04 bits per heavy atom. The van der Waals surface area contributed by atoms with Crippen LogP contribution >= 0.6 is 0 Å². The molecule has 1 rings (SSSR count). The van der Waals surface area contributed by atoms with Gasteiger partial charge in [0.05, 0.1) is 23.0 Å². The number of non-ortho nitro benzene ring substituents is 1. The van der Waals surface area contributed by atoms with E-state index in [2.05, 4.69) is 9.47 Å². The lowest BCUT2D eigenvalue weighted by Crippen LogP contribution is -2.52. The molecular formula is C15H17NO10S. The fraction of sp³-hybridized carbons (Fsp3) is 0.400. The quantitative estimate of drug-likeness (QED) is 0.144. The molecule has 0 aliphatic heterocycles. The number of ether oxygens (including phenoxy) is 2. The van der Waals surface area contributed by atoms with E-state index in [1.807, 2.05) is 0 Å². The highest BCUT2D eigenvalue weighted by molar-refractivity contribution is 7.86. The van der Waals surface area contributed by atoms with Gasteiger partial charge in [-0.25, -0.2) is 13.8 Å². The normalized spacial score (nSPS) is 13.3. The van der Waals surface area contributed by atoms with Crippen molar-refractivity contribution in [1.82, 2.24) is 0 Å². The van der Waals surface area contributed by atoms with Crippen molar-refractivity contribution in [3.8, 4) is 0 Å². The summed E-state index contributed by atoms with van der Waals surface area (Å²) in [5.74, 6) is -4.46. The summed E-state index contributed by atoms with van der Waals surface area (Å²) in [6, 6.07) is 3.50. The molecule has 0 saturated heterocycles. The Hall–Kier alpha value is -2.86. The highest BCUT2D eigenvalue weighted by atomic mass is 32.2. The van der Waals surface area contributed by atoms with Crippen molar-refractivity contribution in [1.29, 1.82) is 0 Å². The number of hydrogen-bond donors (Lipinski definition) is 0. The fourth-order valence-electron chi connectivity index (χ4n) is 1.83. The summed E-state index contributed by atoms with van der Waals surface area (Å²) < 4.78 is 38.7. The number of nitrogens with zero attached hydrogens (tertiary/aromatic N) is 1. The van der Waals surface area contributed by atoms with Crippen molar-refractivity contribution in [2.24, 2.45) is 0 Å². The Kier molecular flexibility index (Phi) is 7.13. The van der Waals surface area contributed by atoms with E-state index >= 15 is 0 Å². The van der Waals surface area contributed by atoms with Crippen molar-refractivity contribution in [2.75, 3.05) is 13.2 Å². The minimum Gasteiger partial charge on any atom is -0.463 e. The lowest BCUT2D eigenvalue weighted by Gasteiger charge is -2.24. The van der Waals surface area contributed by atoms with E-state index in [9.17, 15) is 32.9 Å². The van der Waals surface area contributed by atoms with Crippen molar-refractivity contribution < 1.29 is 41.4 Å². The van der Waals surface area contributed by atoms with Crippen LogP contribution in [0.4, 0.5) is 5.69 Å². The number of nitro groups is 1. The highest BCUT2D eigenvalue weighted by Gasteiger charge is 2.52. The van der Waals surface area contributed by atoms with Gasteiger partial charge >= 0.3 is 11.9 Å². The first kappa shape index (κ1) is 22.2. The zero-order valence-electron chi connectivity index (χ0n) is 14.7. The van der Waals surface area contributed by atoms with Crippen LogP contribution in [0.1, 0.15) is 20.8 Å². The summed E-state index contributed by atoms with van der Waals surface area (Å²) in [5, 5.41) is 10.6. The molecule has 0 radical (unpaired) electrons. The molecule has 11 nitrogen and oxygen atoms in total. The van der Waals surface area contributed by atoms with Gasteiger partial charge in [-0.3, -0.25) is 14.9 Å². The van der Waals surface area contributed by atoms with Crippen LogP contribution in [0.25, 0.3) is 0 Å². The van der Waals surface area contributed by atoms with Gasteiger partial charge in [-0.2, -0.15) is 8.42 Å². The number of rotatable bonds is 9. The Balaban J connectivity index is 3.30. The van der Waals surface area contributed by atoms with Crippen LogP contribution in [0, 0.1) is 10.1 Å². The van der Waals surface area contributed by atoms with Gasteiger partial charge in [-0.15, -0.1) is 0 Å². The summed E-state index contributed by atoms with van der Waals surface area (Å²) in [6.45, 7) is 3.15. The Bertz CT molecular complexity index is 846. The maximum absolute atomic E-state index is 12.4. The topological polar surface area (TPSA) is 156 Å². The third-order valence-electron chi connectivity index (χ3n) is 3.17. The van der Waals surface area contributed by atoms with Gasteiger partial charge in [-0.05, 0) is 32.9 Å². The third-order valence-corrected chi connectivity index (χ3v) is 4.57. The van der Waals surface area contributed by atoms with Gasteiger partial charge in [0.25, 0.3) is 27.2 Å². The van der Waals surface area contributed by atoms with Crippen LogP contribution in [0.5, 0.6) is 0 Å². The van der Waals surface area contributed by atoms with E-state index in [1.54, 1.807) is 0 Å². The summed E-state index contributed by atoms with van der Waals surface area (Å²) >= 11 is 0. The molecule has 27 heavy (non-hydrogen) atoms. The first-order valence-electron chi connectivity index (χ1n) is 7.58. The van der Waals surface area contributed by atoms with Gasteiger partial charge < -0.3 is 9.47 Å².